The summed E-state index contributed by atoms with van der Waals surface area (Å²) in [5.74, 6) is 0.484. The van der Waals surface area contributed by atoms with Crippen LogP contribution in [0.3, 0.4) is 0 Å². The summed E-state index contributed by atoms with van der Waals surface area (Å²) < 4.78 is 0. The van der Waals surface area contributed by atoms with Crippen LogP contribution in [0.4, 0.5) is 11.5 Å². The molecule has 3 N–H and O–H groups in total. The lowest BCUT2D eigenvalue weighted by Gasteiger charge is -2.09. The van der Waals surface area contributed by atoms with Gasteiger partial charge in [0.25, 0.3) is 0 Å². The highest BCUT2D eigenvalue weighted by Gasteiger charge is 2.06. The number of nitrogens with one attached hydrogen (secondary N) is 2. The lowest BCUT2D eigenvalue weighted by Crippen LogP contribution is -2.22. The number of phenols is 1. The van der Waals surface area contributed by atoms with Crippen LogP contribution in [0.25, 0.3) is 10.9 Å². The number of anilines is 2. The van der Waals surface area contributed by atoms with Gasteiger partial charge in [0.1, 0.15) is 17.9 Å². The zero-order valence-electron chi connectivity index (χ0n) is 11.7. The van der Waals surface area contributed by atoms with Crippen LogP contribution in [0.5, 0.6) is 5.75 Å². The minimum atomic E-state index is -0.228. The van der Waals surface area contributed by atoms with Gasteiger partial charge in [-0.1, -0.05) is 18.2 Å². The Balaban J connectivity index is 1.68. The molecule has 6 heteroatoms. The minimum Gasteiger partial charge on any atom is -0.508 e. The first kappa shape index (κ1) is 13.8. The summed E-state index contributed by atoms with van der Waals surface area (Å²) in [6.07, 6.45) is 1.46. The Morgan fingerprint density at radius 2 is 1.95 bits per heavy atom. The minimum absolute atomic E-state index is 0.0661. The number of nitrogens with zero attached hydrogens (tertiary/aromatic N) is 2. The number of rotatable bonds is 4. The summed E-state index contributed by atoms with van der Waals surface area (Å²) in [5, 5.41) is 15.9. The first-order chi connectivity index (χ1) is 10.7. The number of amides is 1. The zero-order valence-corrected chi connectivity index (χ0v) is 11.7. The number of fused-ring (bicyclic) bond motifs is 1. The molecule has 0 spiro atoms. The smallest absolute Gasteiger partial charge is 0.243 e. The second-order valence-electron chi connectivity index (χ2n) is 4.69. The Hall–Kier alpha value is -3.15. The summed E-state index contributed by atoms with van der Waals surface area (Å²) in [5.41, 5.74) is 1.35. The lowest BCUT2D eigenvalue weighted by atomic mass is 10.2. The number of para-hydroxylation sites is 1. The monoisotopic (exact) mass is 294 g/mol. The van der Waals surface area contributed by atoms with E-state index in [0.29, 0.717) is 11.5 Å². The average molecular weight is 294 g/mol. The van der Waals surface area contributed by atoms with E-state index in [1.165, 1.54) is 12.4 Å². The van der Waals surface area contributed by atoms with E-state index in [-0.39, 0.29) is 18.2 Å². The molecule has 0 fully saturated rings. The highest BCUT2D eigenvalue weighted by atomic mass is 16.3. The van der Waals surface area contributed by atoms with E-state index < -0.39 is 0 Å². The van der Waals surface area contributed by atoms with Crippen LogP contribution in [-0.4, -0.2) is 27.5 Å². The number of carbonyl (C=O) groups excluding carboxylic acids is 1. The van der Waals surface area contributed by atoms with Crippen molar-refractivity contribution >= 4 is 28.3 Å². The lowest BCUT2D eigenvalue weighted by molar-refractivity contribution is -0.114. The highest BCUT2D eigenvalue weighted by molar-refractivity contribution is 5.95. The van der Waals surface area contributed by atoms with Crippen LogP contribution in [-0.2, 0) is 4.79 Å². The van der Waals surface area contributed by atoms with Gasteiger partial charge in [0, 0.05) is 17.1 Å². The Bertz CT molecular complexity index is 815. The Labute approximate surface area is 126 Å². The summed E-state index contributed by atoms with van der Waals surface area (Å²) in [7, 11) is 0. The highest BCUT2D eigenvalue weighted by Crippen LogP contribution is 2.18. The van der Waals surface area contributed by atoms with Gasteiger partial charge in [0.05, 0.1) is 12.1 Å². The van der Waals surface area contributed by atoms with Crippen LogP contribution in [0.2, 0.25) is 0 Å². The van der Waals surface area contributed by atoms with Gasteiger partial charge in [-0.05, 0) is 24.3 Å². The molecule has 0 bridgehead atoms. The van der Waals surface area contributed by atoms with Crippen molar-refractivity contribution in [3.8, 4) is 5.75 Å². The molecule has 0 radical (unpaired) electrons. The predicted molar refractivity (Wildman–Crippen MR) is 84.8 cm³/mol. The van der Waals surface area contributed by atoms with E-state index in [9.17, 15) is 9.90 Å². The molecule has 110 valence electrons. The van der Waals surface area contributed by atoms with Crippen molar-refractivity contribution in [1.29, 1.82) is 0 Å². The molecule has 1 aromatic heterocycles. The third-order valence-corrected chi connectivity index (χ3v) is 3.09. The summed E-state index contributed by atoms with van der Waals surface area (Å²) >= 11 is 0. The van der Waals surface area contributed by atoms with Crippen LogP contribution in [0, 0.1) is 0 Å². The molecule has 0 atom stereocenters. The van der Waals surface area contributed by atoms with Crippen molar-refractivity contribution in [2.24, 2.45) is 0 Å². The van der Waals surface area contributed by atoms with E-state index in [0.717, 1.165) is 10.9 Å². The fourth-order valence-corrected chi connectivity index (χ4v) is 2.10. The quantitative estimate of drug-likeness (QED) is 0.687. The summed E-state index contributed by atoms with van der Waals surface area (Å²) in [4.78, 5) is 20.3. The van der Waals surface area contributed by atoms with Crippen molar-refractivity contribution in [2.45, 2.75) is 0 Å². The fraction of sp³-hybridized carbons (Fsp3) is 0.0625. The molecule has 22 heavy (non-hydrogen) atoms. The molecule has 2 aromatic carbocycles. The van der Waals surface area contributed by atoms with Gasteiger partial charge in [-0.2, -0.15) is 0 Å². The van der Waals surface area contributed by atoms with Gasteiger partial charge in [-0.25, -0.2) is 9.97 Å². The van der Waals surface area contributed by atoms with Crippen molar-refractivity contribution < 1.29 is 9.90 Å². The molecule has 0 unspecified atom stereocenters. The maximum atomic E-state index is 11.9. The molecule has 3 rings (SSSR count). The van der Waals surface area contributed by atoms with Crippen LogP contribution in [0.1, 0.15) is 0 Å². The third kappa shape index (κ3) is 3.12. The summed E-state index contributed by atoms with van der Waals surface area (Å²) in [6.45, 7) is 0.0661. The number of aromatic nitrogens is 2. The number of benzene rings is 2. The number of aromatic hydroxyl groups is 1. The van der Waals surface area contributed by atoms with Crippen molar-refractivity contribution in [2.75, 3.05) is 17.2 Å². The molecule has 0 saturated carbocycles. The second-order valence-corrected chi connectivity index (χ2v) is 4.69. The Kier molecular flexibility index (Phi) is 3.82. The molecule has 3 aromatic rings. The number of hydrogen-bond acceptors (Lipinski definition) is 5. The Morgan fingerprint density at radius 1 is 1.09 bits per heavy atom. The van der Waals surface area contributed by atoms with Gasteiger partial charge < -0.3 is 15.7 Å². The normalized spacial score (nSPS) is 10.4. The second kappa shape index (κ2) is 6.09. The first-order valence-electron chi connectivity index (χ1n) is 6.75. The average Bonchev–Trinajstić information content (AvgIpc) is 2.53. The van der Waals surface area contributed by atoms with Crippen LogP contribution < -0.4 is 10.6 Å². The van der Waals surface area contributed by atoms with Crippen molar-refractivity contribution in [3.05, 3.63) is 54.9 Å². The van der Waals surface area contributed by atoms with Crippen molar-refractivity contribution in [3.63, 3.8) is 0 Å². The molecular weight excluding hydrogens is 280 g/mol. The molecule has 0 aliphatic rings. The van der Waals surface area contributed by atoms with Gasteiger partial charge in [-0.3, -0.25) is 4.79 Å². The van der Waals surface area contributed by atoms with Gasteiger partial charge in [-0.15, -0.1) is 0 Å². The van der Waals surface area contributed by atoms with Gasteiger partial charge in [0.2, 0.25) is 5.91 Å². The molecule has 0 aliphatic carbocycles. The Morgan fingerprint density at radius 3 is 2.82 bits per heavy atom. The van der Waals surface area contributed by atoms with E-state index in [1.807, 2.05) is 24.3 Å². The maximum Gasteiger partial charge on any atom is 0.243 e. The van der Waals surface area contributed by atoms with Gasteiger partial charge >= 0.3 is 0 Å². The molecule has 1 heterocycles. The van der Waals surface area contributed by atoms with Gasteiger partial charge in [0.15, 0.2) is 0 Å². The molecule has 0 saturated heterocycles. The molecule has 6 nitrogen and oxygen atoms in total. The third-order valence-electron chi connectivity index (χ3n) is 3.09. The SMILES string of the molecule is O=C(CNc1ncnc2ccccc12)Nc1cccc(O)c1. The number of carbonyl (C=O) groups is 1. The standard InChI is InChI=1S/C16H14N4O2/c21-12-5-3-4-11(8-12)20-15(22)9-17-16-13-6-1-2-7-14(13)18-10-19-16/h1-8,10,21H,9H2,(H,20,22)(H,17,18,19). The first-order valence-corrected chi connectivity index (χ1v) is 6.75. The molecule has 1 amide bonds. The zero-order chi connectivity index (χ0) is 15.4. The molecular formula is C16H14N4O2. The number of phenolic OH excluding ortho intramolecular Hbond substituents is 1. The maximum absolute atomic E-state index is 11.9. The van der Waals surface area contributed by atoms with E-state index in [2.05, 4.69) is 20.6 Å². The summed E-state index contributed by atoms with van der Waals surface area (Å²) in [6, 6.07) is 14.0. The molecule has 0 aliphatic heterocycles. The predicted octanol–water partition coefficient (Wildman–Crippen LogP) is 2.39. The largest absolute Gasteiger partial charge is 0.508 e. The van der Waals surface area contributed by atoms with E-state index >= 15 is 0 Å². The van der Waals surface area contributed by atoms with Crippen LogP contribution >= 0.6 is 0 Å². The van der Waals surface area contributed by atoms with E-state index in [4.69, 9.17) is 0 Å². The fourth-order valence-electron chi connectivity index (χ4n) is 2.10. The van der Waals surface area contributed by atoms with Crippen LogP contribution in [0.15, 0.2) is 54.9 Å². The number of hydrogen-bond donors (Lipinski definition) is 3. The topological polar surface area (TPSA) is 87.1 Å². The van der Waals surface area contributed by atoms with Crippen molar-refractivity contribution in [1.82, 2.24) is 9.97 Å². The van der Waals surface area contributed by atoms with E-state index in [1.54, 1.807) is 18.2 Å².